The van der Waals surface area contributed by atoms with E-state index in [1.165, 1.54) is 19.3 Å². The van der Waals surface area contributed by atoms with E-state index in [1.807, 2.05) is 19.4 Å². The van der Waals surface area contributed by atoms with Gasteiger partial charge in [-0.1, -0.05) is 6.92 Å². The highest BCUT2D eigenvalue weighted by molar-refractivity contribution is 4.84. The number of nitrogens with zero attached hydrogens (tertiary/aromatic N) is 3. The van der Waals surface area contributed by atoms with Gasteiger partial charge in [0.25, 0.3) is 0 Å². The first kappa shape index (κ1) is 23.9. The predicted octanol–water partition coefficient (Wildman–Crippen LogP) is 2.75. The van der Waals surface area contributed by atoms with Crippen LogP contribution in [0.3, 0.4) is 0 Å². The lowest BCUT2D eigenvalue weighted by Gasteiger charge is -2.21. The normalized spacial score (nSPS) is 12.0. The lowest BCUT2D eigenvalue weighted by atomic mass is 9.98. The number of rotatable bonds is 16. The van der Waals surface area contributed by atoms with Crippen LogP contribution in [-0.4, -0.2) is 43.2 Å². The van der Waals surface area contributed by atoms with Gasteiger partial charge in [-0.2, -0.15) is 0 Å². The molecule has 0 radical (unpaired) electrons. The van der Waals surface area contributed by atoms with Crippen LogP contribution in [0.4, 0.5) is 0 Å². The molecule has 160 valence electrons. The summed E-state index contributed by atoms with van der Waals surface area (Å²) >= 11 is 0. The smallest absolute Gasteiger partial charge is 0.244 e. The van der Waals surface area contributed by atoms with E-state index >= 15 is 0 Å². The van der Waals surface area contributed by atoms with Gasteiger partial charge in [0, 0.05) is 58.5 Å². The van der Waals surface area contributed by atoms with E-state index in [0.717, 1.165) is 39.0 Å². The minimum Gasteiger partial charge on any atom is -0.393 e. The van der Waals surface area contributed by atoms with Crippen LogP contribution in [0.2, 0.25) is 0 Å². The van der Waals surface area contributed by atoms with Crippen LogP contribution in [0, 0.1) is 0 Å². The molecular formula is C22H43N6+. The zero-order valence-electron chi connectivity index (χ0n) is 18.7. The molecular weight excluding hydrogens is 348 g/mol. The Morgan fingerprint density at radius 2 is 1.82 bits per heavy atom. The van der Waals surface area contributed by atoms with Crippen molar-refractivity contribution in [1.82, 2.24) is 25.4 Å². The van der Waals surface area contributed by atoms with E-state index in [1.54, 1.807) is 0 Å². The van der Waals surface area contributed by atoms with Crippen LogP contribution in [-0.2, 0) is 12.1 Å². The molecule has 1 aromatic rings. The highest BCUT2D eigenvalue weighted by Gasteiger charge is 2.24. The minimum absolute atomic E-state index is 0.150. The van der Waals surface area contributed by atoms with Crippen molar-refractivity contribution in [2.45, 2.75) is 65.0 Å². The highest BCUT2D eigenvalue weighted by Crippen LogP contribution is 2.20. The summed E-state index contributed by atoms with van der Waals surface area (Å²) in [5.41, 5.74) is 0.150. The maximum Gasteiger partial charge on any atom is 0.244 e. The average Bonchev–Trinajstić information content (AvgIpc) is 3.14. The molecule has 6 heteroatoms. The summed E-state index contributed by atoms with van der Waals surface area (Å²) in [6.07, 6.45) is 20.5. The lowest BCUT2D eigenvalue weighted by Crippen LogP contribution is -2.33. The third-order valence-electron chi connectivity index (χ3n) is 4.88. The van der Waals surface area contributed by atoms with Gasteiger partial charge in [0.15, 0.2) is 0 Å². The third-order valence-corrected chi connectivity index (χ3v) is 4.88. The van der Waals surface area contributed by atoms with Crippen molar-refractivity contribution in [3.8, 4) is 0 Å². The molecule has 3 N–H and O–H groups in total. The van der Waals surface area contributed by atoms with Crippen molar-refractivity contribution < 1.29 is 4.57 Å². The Bertz CT molecular complexity index is 561. The summed E-state index contributed by atoms with van der Waals surface area (Å²) in [7, 11) is 4.03. The highest BCUT2D eigenvalue weighted by atomic mass is 15.1. The number of hydrogen-bond acceptors (Lipinski definition) is 4. The second kappa shape index (κ2) is 14.0. The monoisotopic (exact) mass is 391 g/mol. The summed E-state index contributed by atoms with van der Waals surface area (Å²) in [4.78, 5) is 2.24. The Kier molecular flexibility index (Phi) is 11.9. The van der Waals surface area contributed by atoms with Gasteiger partial charge in [-0.3, -0.25) is 0 Å². The summed E-state index contributed by atoms with van der Waals surface area (Å²) in [5, 5.41) is 9.66. The molecule has 0 saturated carbocycles. The molecule has 0 fully saturated rings. The fourth-order valence-corrected chi connectivity index (χ4v) is 3.05. The number of hydrogen-bond donors (Lipinski definition) is 3. The molecule has 0 saturated heterocycles. The number of imidazole rings is 1. The topological polar surface area (TPSA) is 48.1 Å². The van der Waals surface area contributed by atoms with Crippen LogP contribution in [0.15, 0.2) is 43.5 Å². The molecule has 1 aromatic heterocycles. The van der Waals surface area contributed by atoms with E-state index in [0.29, 0.717) is 0 Å². The van der Waals surface area contributed by atoms with Gasteiger partial charge >= 0.3 is 0 Å². The van der Waals surface area contributed by atoms with Gasteiger partial charge in [0.05, 0.1) is 6.54 Å². The molecule has 0 aliphatic carbocycles. The molecule has 1 heterocycles. The molecule has 0 unspecified atom stereocenters. The first-order chi connectivity index (χ1) is 13.5. The fourth-order valence-electron chi connectivity index (χ4n) is 3.05. The first-order valence-electron chi connectivity index (χ1n) is 10.7. The Balaban J connectivity index is 2.12. The van der Waals surface area contributed by atoms with E-state index in [-0.39, 0.29) is 5.54 Å². The standard InChI is InChI=1S/C22H43N6/c1-6-16-27-19-20-28(21-27)22(2,3)10-9-12-25-15-18-26(5)17-8-7-11-24-14-13-23-4/h13-15,18-21,23-25H,6-12,16-17H2,1-5H3/q+1/b14-13-,18-15-. The maximum absolute atomic E-state index is 3.43. The van der Waals surface area contributed by atoms with Crippen LogP contribution >= 0.6 is 0 Å². The van der Waals surface area contributed by atoms with Gasteiger partial charge in [0.2, 0.25) is 6.33 Å². The number of nitrogens with one attached hydrogen (secondary N) is 3. The average molecular weight is 392 g/mol. The maximum atomic E-state index is 3.43. The number of aromatic nitrogens is 2. The van der Waals surface area contributed by atoms with E-state index in [2.05, 4.69) is 88.9 Å². The Hall–Kier alpha value is -2.11. The fraction of sp³-hybridized carbons (Fsp3) is 0.682. The molecule has 0 amide bonds. The van der Waals surface area contributed by atoms with Crippen molar-refractivity contribution in [1.29, 1.82) is 0 Å². The van der Waals surface area contributed by atoms with Crippen molar-refractivity contribution in [2.24, 2.45) is 0 Å². The summed E-state index contributed by atoms with van der Waals surface area (Å²) in [6.45, 7) is 11.0. The molecule has 0 aliphatic heterocycles. The van der Waals surface area contributed by atoms with Gasteiger partial charge in [-0.25, -0.2) is 9.13 Å². The van der Waals surface area contributed by atoms with E-state index in [9.17, 15) is 0 Å². The minimum atomic E-state index is 0.150. The Labute approximate surface area is 172 Å². The summed E-state index contributed by atoms with van der Waals surface area (Å²) in [5.74, 6) is 0. The molecule has 0 bridgehead atoms. The second-order valence-corrected chi connectivity index (χ2v) is 8.01. The zero-order valence-corrected chi connectivity index (χ0v) is 18.7. The van der Waals surface area contributed by atoms with Crippen molar-refractivity contribution in [2.75, 3.05) is 33.7 Å². The van der Waals surface area contributed by atoms with Gasteiger partial charge in [-0.05, 0) is 46.0 Å². The van der Waals surface area contributed by atoms with Crippen molar-refractivity contribution in [3.05, 3.63) is 43.5 Å². The van der Waals surface area contributed by atoms with E-state index in [4.69, 9.17) is 0 Å². The molecule has 6 nitrogen and oxygen atoms in total. The lowest BCUT2D eigenvalue weighted by molar-refractivity contribution is -0.696. The first-order valence-corrected chi connectivity index (χ1v) is 10.7. The summed E-state index contributed by atoms with van der Waals surface area (Å²) < 4.78 is 4.61. The quantitative estimate of drug-likeness (QED) is 0.300. The van der Waals surface area contributed by atoms with E-state index < -0.39 is 0 Å². The Morgan fingerprint density at radius 3 is 2.57 bits per heavy atom. The molecule has 0 spiro atoms. The summed E-state index contributed by atoms with van der Waals surface area (Å²) in [6, 6.07) is 0. The van der Waals surface area contributed by atoms with Gasteiger partial charge in [-0.15, -0.1) is 0 Å². The zero-order chi connectivity index (χ0) is 20.7. The predicted molar refractivity (Wildman–Crippen MR) is 119 cm³/mol. The van der Waals surface area contributed by atoms with Crippen LogP contribution in [0.5, 0.6) is 0 Å². The SMILES string of the molecule is CCC[n+]1ccn(C(C)(C)CCCN/C=C\N(C)CCCCN/C=C\NC)c1. The molecule has 0 atom stereocenters. The molecule has 0 aliphatic rings. The second-order valence-electron chi connectivity index (χ2n) is 8.01. The largest absolute Gasteiger partial charge is 0.393 e. The van der Waals surface area contributed by atoms with Gasteiger partial charge < -0.3 is 20.9 Å². The van der Waals surface area contributed by atoms with Gasteiger partial charge in [0.1, 0.15) is 17.9 Å². The van der Waals surface area contributed by atoms with Crippen molar-refractivity contribution >= 4 is 0 Å². The molecule has 0 aromatic carbocycles. The molecule has 1 rings (SSSR count). The van der Waals surface area contributed by atoms with Crippen molar-refractivity contribution in [3.63, 3.8) is 0 Å². The van der Waals surface area contributed by atoms with Crippen LogP contribution in [0.25, 0.3) is 0 Å². The van der Waals surface area contributed by atoms with Crippen LogP contribution < -0.4 is 20.5 Å². The van der Waals surface area contributed by atoms with Crippen LogP contribution in [0.1, 0.15) is 52.9 Å². The number of unbranched alkanes of at least 4 members (excludes halogenated alkanes) is 1. The number of aryl methyl sites for hydroxylation is 1. The molecule has 28 heavy (non-hydrogen) atoms. The third kappa shape index (κ3) is 10.3. The Morgan fingerprint density at radius 1 is 1.07 bits per heavy atom.